The predicted octanol–water partition coefficient (Wildman–Crippen LogP) is 3.71. The molecular weight excluding hydrogens is 388 g/mol. The Morgan fingerprint density at radius 2 is 1.68 bits per heavy atom. The monoisotopic (exact) mass is 412 g/mol. The van der Waals surface area contributed by atoms with Crippen molar-refractivity contribution < 1.29 is 9.90 Å². The molecule has 6 heteroatoms. The smallest absolute Gasteiger partial charge is 0.267 e. The van der Waals surface area contributed by atoms with Gasteiger partial charge in [-0.05, 0) is 17.7 Å². The van der Waals surface area contributed by atoms with Gasteiger partial charge in [0.1, 0.15) is 17.4 Å². The molecule has 0 atom stereocenters. The molecule has 1 aliphatic rings. The largest absolute Gasteiger partial charge is 0.507 e. The third-order valence-corrected chi connectivity index (χ3v) is 5.48. The van der Waals surface area contributed by atoms with E-state index >= 15 is 0 Å². The number of amides is 1. The molecule has 3 aromatic rings. The van der Waals surface area contributed by atoms with Crippen LogP contribution >= 0.6 is 0 Å². The van der Waals surface area contributed by atoms with Crippen molar-refractivity contribution in [2.75, 3.05) is 31.5 Å². The highest BCUT2D eigenvalue weighted by Crippen LogP contribution is 2.30. The summed E-state index contributed by atoms with van der Waals surface area (Å²) in [6.45, 7) is 4.15. The van der Waals surface area contributed by atoms with Crippen molar-refractivity contribution in [2.24, 2.45) is 0 Å². The number of piperazine rings is 1. The molecule has 0 spiro atoms. The Morgan fingerprint density at radius 1 is 0.968 bits per heavy atom. The standard InChI is InChI=1S/C25H24N4O2/c26-16-20(18-29-14-12-28(13-15-29)17-19-6-2-1-3-7-19)25(31)27-23-10-4-9-22-21(23)8-5-11-24(22)30/h1-11,18,30H,12-15,17H2,(H,27,31)/b20-18-. The van der Waals surface area contributed by atoms with Gasteiger partial charge in [-0.15, -0.1) is 0 Å². The lowest BCUT2D eigenvalue weighted by Gasteiger charge is -2.34. The van der Waals surface area contributed by atoms with E-state index in [0.29, 0.717) is 11.1 Å². The first kappa shape index (κ1) is 20.5. The summed E-state index contributed by atoms with van der Waals surface area (Å²) in [6, 6.07) is 22.8. The summed E-state index contributed by atoms with van der Waals surface area (Å²) < 4.78 is 0. The molecule has 3 aromatic carbocycles. The van der Waals surface area contributed by atoms with Gasteiger partial charge in [-0.25, -0.2) is 0 Å². The van der Waals surface area contributed by atoms with E-state index < -0.39 is 5.91 Å². The van der Waals surface area contributed by atoms with E-state index in [9.17, 15) is 15.2 Å². The SMILES string of the molecule is N#C/C(=C/N1CCN(Cc2ccccc2)CC1)C(=O)Nc1cccc2c(O)cccc12. The van der Waals surface area contributed by atoms with Crippen molar-refractivity contribution in [3.05, 3.63) is 84.1 Å². The molecule has 4 rings (SSSR count). The van der Waals surface area contributed by atoms with E-state index in [1.165, 1.54) is 5.56 Å². The summed E-state index contributed by atoms with van der Waals surface area (Å²) in [6.07, 6.45) is 1.65. The average molecular weight is 412 g/mol. The van der Waals surface area contributed by atoms with Crippen LogP contribution in [0.3, 0.4) is 0 Å². The molecule has 0 unspecified atom stereocenters. The van der Waals surface area contributed by atoms with E-state index in [2.05, 4.69) is 22.3 Å². The number of aromatic hydroxyl groups is 1. The lowest BCUT2D eigenvalue weighted by atomic mass is 10.1. The third kappa shape index (κ3) is 4.85. The van der Waals surface area contributed by atoms with Gasteiger partial charge in [0, 0.05) is 55.4 Å². The van der Waals surface area contributed by atoms with E-state index in [1.807, 2.05) is 35.2 Å². The van der Waals surface area contributed by atoms with Crippen LogP contribution in [0.5, 0.6) is 5.75 Å². The van der Waals surface area contributed by atoms with Crippen LogP contribution in [0.1, 0.15) is 5.56 Å². The van der Waals surface area contributed by atoms with Crippen LogP contribution in [0.25, 0.3) is 10.8 Å². The number of phenols is 1. The van der Waals surface area contributed by atoms with Crippen LogP contribution in [0, 0.1) is 11.3 Å². The first-order valence-electron chi connectivity index (χ1n) is 10.3. The van der Waals surface area contributed by atoms with E-state index in [0.717, 1.165) is 38.1 Å². The van der Waals surface area contributed by atoms with Crippen molar-refractivity contribution in [1.29, 1.82) is 5.26 Å². The lowest BCUT2D eigenvalue weighted by molar-refractivity contribution is -0.112. The molecule has 6 nitrogen and oxygen atoms in total. The Morgan fingerprint density at radius 3 is 2.42 bits per heavy atom. The normalized spacial score (nSPS) is 14.9. The molecule has 1 heterocycles. The Bertz CT molecular complexity index is 1140. The van der Waals surface area contributed by atoms with Crippen LogP contribution in [0.2, 0.25) is 0 Å². The maximum absolute atomic E-state index is 12.8. The Labute approximate surface area is 181 Å². The van der Waals surface area contributed by atoms with Crippen molar-refractivity contribution in [1.82, 2.24) is 9.80 Å². The molecule has 2 N–H and O–H groups in total. The second kappa shape index (κ2) is 9.33. The number of hydrogen-bond acceptors (Lipinski definition) is 5. The van der Waals surface area contributed by atoms with Crippen molar-refractivity contribution in [2.45, 2.75) is 6.54 Å². The number of rotatable bonds is 5. The maximum atomic E-state index is 12.8. The third-order valence-electron chi connectivity index (χ3n) is 5.48. The van der Waals surface area contributed by atoms with Gasteiger partial charge in [-0.2, -0.15) is 5.26 Å². The second-order valence-electron chi connectivity index (χ2n) is 7.58. The molecule has 0 saturated carbocycles. The lowest BCUT2D eigenvalue weighted by Crippen LogP contribution is -2.43. The van der Waals surface area contributed by atoms with Crippen LogP contribution < -0.4 is 5.32 Å². The van der Waals surface area contributed by atoms with Crippen molar-refractivity contribution in [3.8, 4) is 11.8 Å². The molecule has 1 amide bonds. The molecule has 0 aliphatic carbocycles. The Kier molecular flexibility index (Phi) is 6.16. The van der Waals surface area contributed by atoms with Crippen LogP contribution in [-0.4, -0.2) is 47.0 Å². The zero-order valence-corrected chi connectivity index (χ0v) is 17.2. The van der Waals surface area contributed by atoms with Gasteiger partial charge in [-0.1, -0.05) is 54.6 Å². The molecule has 0 aromatic heterocycles. The minimum absolute atomic E-state index is 0.0636. The number of nitriles is 1. The van der Waals surface area contributed by atoms with Crippen molar-refractivity contribution >= 4 is 22.4 Å². The van der Waals surface area contributed by atoms with Gasteiger partial charge in [-0.3, -0.25) is 9.69 Å². The second-order valence-corrected chi connectivity index (χ2v) is 7.58. The highest BCUT2D eigenvalue weighted by Gasteiger charge is 2.18. The van der Waals surface area contributed by atoms with Crippen LogP contribution in [-0.2, 0) is 11.3 Å². The van der Waals surface area contributed by atoms with Gasteiger partial charge in [0.15, 0.2) is 0 Å². The fourth-order valence-corrected chi connectivity index (χ4v) is 3.81. The van der Waals surface area contributed by atoms with Crippen molar-refractivity contribution in [3.63, 3.8) is 0 Å². The van der Waals surface area contributed by atoms with E-state index in [4.69, 9.17) is 0 Å². The molecule has 0 radical (unpaired) electrons. The topological polar surface area (TPSA) is 79.6 Å². The van der Waals surface area contributed by atoms with Gasteiger partial charge in [0.25, 0.3) is 5.91 Å². The fraction of sp³-hybridized carbons (Fsp3) is 0.200. The number of nitrogens with one attached hydrogen (secondary N) is 1. The summed E-state index contributed by atoms with van der Waals surface area (Å²) in [7, 11) is 0. The van der Waals surface area contributed by atoms with E-state index in [1.54, 1.807) is 36.5 Å². The summed E-state index contributed by atoms with van der Waals surface area (Å²) in [4.78, 5) is 17.1. The number of fused-ring (bicyclic) bond motifs is 1. The highest BCUT2D eigenvalue weighted by molar-refractivity contribution is 6.11. The zero-order valence-electron chi connectivity index (χ0n) is 17.2. The van der Waals surface area contributed by atoms with Crippen LogP contribution in [0.4, 0.5) is 5.69 Å². The Hall–Kier alpha value is -3.82. The predicted molar refractivity (Wildman–Crippen MR) is 121 cm³/mol. The van der Waals surface area contributed by atoms with Gasteiger partial charge < -0.3 is 15.3 Å². The highest BCUT2D eigenvalue weighted by atomic mass is 16.3. The van der Waals surface area contributed by atoms with Gasteiger partial charge in [0.05, 0.1) is 0 Å². The average Bonchev–Trinajstić information content (AvgIpc) is 2.80. The first-order chi connectivity index (χ1) is 15.1. The molecule has 31 heavy (non-hydrogen) atoms. The number of anilines is 1. The number of phenolic OH excluding ortho intramolecular Hbond substituents is 1. The summed E-state index contributed by atoms with van der Waals surface area (Å²) in [5.41, 5.74) is 1.91. The number of nitrogens with zero attached hydrogens (tertiary/aromatic N) is 3. The molecule has 1 saturated heterocycles. The molecule has 1 aliphatic heterocycles. The summed E-state index contributed by atoms with van der Waals surface area (Å²) in [5.74, 6) is -0.303. The van der Waals surface area contributed by atoms with Crippen LogP contribution in [0.15, 0.2) is 78.5 Å². The summed E-state index contributed by atoms with van der Waals surface area (Å²) in [5, 5.41) is 23.8. The number of carbonyl (C=O) groups is 1. The molecule has 156 valence electrons. The molecule has 1 fully saturated rings. The first-order valence-corrected chi connectivity index (χ1v) is 10.3. The number of hydrogen-bond donors (Lipinski definition) is 2. The summed E-state index contributed by atoms with van der Waals surface area (Å²) >= 11 is 0. The van der Waals surface area contributed by atoms with Gasteiger partial charge in [0.2, 0.25) is 0 Å². The minimum atomic E-state index is -0.454. The zero-order chi connectivity index (χ0) is 21.6. The number of benzene rings is 3. The fourth-order valence-electron chi connectivity index (χ4n) is 3.81. The minimum Gasteiger partial charge on any atom is -0.507 e. The van der Waals surface area contributed by atoms with Gasteiger partial charge >= 0.3 is 0 Å². The Balaban J connectivity index is 1.41. The molecule has 0 bridgehead atoms. The molecular formula is C25H24N4O2. The number of carbonyl (C=O) groups excluding carboxylic acids is 1. The maximum Gasteiger partial charge on any atom is 0.267 e. The quantitative estimate of drug-likeness (QED) is 0.493. The van der Waals surface area contributed by atoms with E-state index in [-0.39, 0.29) is 11.3 Å².